The van der Waals surface area contributed by atoms with Gasteiger partial charge in [-0.2, -0.15) is 0 Å². The Labute approximate surface area is 107 Å². The second kappa shape index (κ2) is 5.35. The topological polar surface area (TPSA) is 26.0 Å². The number of benzene rings is 1. The van der Waals surface area contributed by atoms with Crippen molar-refractivity contribution in [2.75, 3.05) is 0 Å². The molecule has 0 heterocycles. The van der Waals surface area contributed by atoms with Crippen molar-refractivity contribution in [3.63, 3.8) is 0 Å². The van der Waals surface area contributed by atoms with Crippen LogP contribution in [0.1, 0.15) is 36.4 Å². The lowest BCUT2D eigenvalue weighted by Gasteiger charge is -2.32. The van der Waals surface area contributed by atoms with E-state index in [1.807, 2.05) is 0 Å². The second-order valence-corrected chi connectivity index (χ2v) is 4.72. The molecule has 1 saturated carbocycles. The highest BCUT2D eigenvalue weighted by atomic mass is 35.5. The standard InChI is InChI=1S/C12H15ClFN.ClH/c1-7-5-6-9(13)10(11(7)14)12(15)8-3-2-4-8;/h5-6,8,12H,2-4,15H2,1H3;1H/t12-;/m1./s1. The zero-order valence-corrected chi connectivity index (χ0v) is 10.7. The summed E-state index contributed by atoms with van der Waals surface area (Å²) in [5.74, 6) is 0.167. The van der Waals surface area contributed by atoms with Crippen LogP contribution in [0.25, 0.3) is 0 Å². The third-order valence-electron chi connectivity index (χ3n) is 3.31. The van der Waals surface area contributed by atoms with Gasteiger partial charge in [0.25, 0.3) is 0 Å². The number of hydrogen-bond acceptors (Lipinski definition) is 1. The Morgan fingerprint density at radius 1 is 1.44 bits per heavy atom. The lowest BCUT2D eigenvalue weighted by atomic mass is 9.77. The quantitative estimate of drug-likeness (QED) is 0.858. The first-order valence-electron chi connectivity index (χ1n) is 5.31. The average Bonchev–Trinajstić information content (AvgIpc) is 2.09. The van der Waals surface area contributed by atoms with E-state index in [2.05, 4.69) is 0 Å². The molecule has 0 unspecified atom stereocenters. The van der Waals surface area contributed by atoms with E-state index in [-0.39, 0.29) is 24.3 Å². The van der Waals surface area contributed by atoms with Crippen LogP contribution in [0.15, 0.2) is 12.1 Å². The van der Waals surface area contributed by atoms with Crippen LogP contribution in [-0.2, 0) is 0 Å². The van der Waals surface area contributed by atoms with E-state index in [9.17, 15) is 4.39 Å². The van der Waals surface area contributed by atoms with Gasteiger partial charge in [-0.1, -0.05) is 24.1 Å². The molecule has 0 aromatic heterocycles. The molecule has 1 atom stereocenters. The molecule has 0 saturated heterocycles. The molecule has 0 amide bonds. The van der Waals surface area contributed by atoms with Gasteiger partial charge in [0.15, 0.2) is 0 Å². The van der Waals surface area contributed by atoms with Crippen LogP contribution in [0.2, 0.25) is 5.02 Å². The Hall–Kier alpha value is -0.310. The first-order valence-corrected chi connectivity index (χ1v) is 5.69. The molecule has 4 heteroatoms. The summed E-state index contributed by atoms with van der Waals surface area (Å²) in [6.45, 7) is 1.74. The van der Waals surface area contributed by atoms with Crippen molar-refractivity contribution in [1.82, 2.24) is 0 Å². The molecule has 0 bridgehead atoms. The Balaban J connectivity index is 0.00000128. The molecule has 2 N–H and O–H groups in total. The molecule has 1 aliphatic carbocycles. The summed E-state index contributed by atoms with van der Waals surface area (Å²) in [6.07, 6.45) is 3.37. The van der Waals surface area contributed by atoms with Crippen LogP contribution < -0.4 is 5.73 Å². The van der Waals surface area contributed by atoms with Gasteiger partial charge < -0.3 is 5.73 Å². The highest BCUT2D eigenvalue weighted by Crippen LogP contribution is 2.39. The summed E-state index contributed by atoms with van der Waals surface area (Å²) >= 11 is 6.00. The van der Waals surface area contributed by atoms with E-state index >= 15 is 0 Å². The van der Waals surface area contributed by atoms with Gasteiger partial charge in [0.1, 0.15) is 5.82 Å². The molecule has 1 nitrogen and oxygen atoms in total. The lowest BCUT2D eigenvalue weighted by Crippen LogP contribution is -2.28. The number of rotatable bonds is 2. The van der Waals surface area contributed by atoms with Crippen molar-refractivity contribution in [1.29, 1.82) is 0 Å². The van der Waals surface area contributed by atoms with Crippen molar-refractivity contribution in [2.24, 2.45) is 11.7 Å². The average molecular weight is 264 g/mol. The molecule has 1 aliphatic rings. The highest BCUT2D eigenvalue weighted by Gasteiger charge is 2.29. The first-order chi connectivity index (χ1) is 7.11. The summed E-state index contributed by atoms with van der Waals surface area (Å²) in [5.41, 5.74) is 7.16. The van der Waals surface area contributed by atoms with Crippen LogP contribution in [-0.4, -0.2) is 0 Å². The maximum atomic E-state index is 13.9. The summed E-state index contributed by atoms with van der Waals surface area (Å²) in [5, 5.41) is 0.456. The zero-order chi connectivity index (χ0) is 11.0. The molecule has 90 valence electrons. The van der Waals surface area contributed by atoms with E-state index < -0.39 is 0 Å². The Morgan fingerprint density at radius 2 is 2.06 bits per heavy atom. The molecule has 0 radical (unpaired) electrons. The summed E-state index contributed by atoms with van der Waals surface area (Å²) in [6, 6.07) is 3.17. The van der Waals surface area contributed by atoms with Gasteiger partial charge in [-0.15, -0.1) is 12.4 Å². The van der Waals surface area contributed by atoms with Crippen molar-refractivity contribution < 1.29 is 4.39 Å². The minimum Gasteiger partial charge on any atom is -0.324 e. The molecule has 0 aliphatic heterocycles. The van der Waals surface area contributed by atoms with Crippen LogP contribution in [0.4, 0.5) is 4.39 Å². The van der Waals surface area contributed by atoms with Gasteiger partial charge >= 0.3 is 0 Å². The number of halogens is 3. The number of nitrogens with two attached hydrogens (primary N) is 1. The van der Waals surface area contributed by atoms with Gasteiger partial charge in [0.05, 0.1) is 0 Å². The van der Waals surface area contributed by atoms with Gasteiger partial charge in [0, 0.05) is 16.6 Å². The normalized spacial score (nSPS) is 17.5. The zero-order valence-electron chi connectivity index (χ0n) is 9.17. The maximum Gasteiger partial charge on any atom is 0.132 e. The third kappa shape index (κ3) is 2.34. The molecular formula is C12H16Cl2FN. The molecule has 1 aromatic carbocycles. The van der Waals surface area contributed by atoms with Crippen LogP contribution in [0.5, 0.6) is 0 Å². The molecule has 1 aromatic rings. The second-order valence-electron chi connectivity index (χ2n) is 4.31. The van der Waals surface area contributed by atoms with E-state index in [0.29, 0.717) is 22.1 Å². The summed E-state index contributed by atoms with van der Waals surface area (Å²) in [4.78, 5) is 0. The minimum atomic E-state index is -0.244. The van der Waals surface area contributed by atoms with Crippen molar-refractivity contribution in [3.05, 3.63) is 34.1 Å². The van der Waals surface area contributed by atoms with Crippen molar-refractivity contribution in [3.8, 4) is 0 Å². The van der Waals surface area contributed by atoms with E-state index in [4.69, 9.17) is 17.3 Å². The van der Waals surface area contributed by atoms with E-state index in [1.165, 1.54) is 6.42 Å². The third-order valence-corrected chi connectivity index (χ3v) is 3.64. The largest absolute Gasteiger partial charge is 0.324 e. The Kier molecular flexibility index (Phi) is 4.60. The Morgan fingerprint density at radius 3 is 2.56 bits per heavy atom. The molecular weight excluding hydrogens is 248 g/mol. The fourth-order valence-electron chi connectivity index (χ4n) is 2.02. The van der Waals surface area contributed by atoms with Crippen molar-refractivity contribution >= 4 is 24.0 Å². The van der Waals surface area contributed by atoms with Crippen molar-refractivity contribution in [2.45, 2.75) is 32.2 Å². The SMILES string of the molecule is Cc1ccc(Cl)c([C@H](N)C2CCC2)c1F.Cl. The number of aryl methyl sites for hydroxylation is 1. The van der Waals surface area contributed by atoms with Gasteiger partial charge in [0.2, 0.25) is 0 Å². The fraction of sp³-hybridized carbons (Fsp3) is 0.500. The monoisotopic (exact) mass is 263 g/mol. The Bertz CT molecular complexity index is 378. The summed E-state index contributed by atoms with van der Waals surface area (Å²) < 4.78 is 13.9. The lowest BCUT2D eigenvalue weighted by molar-refractivity contribution is 0.260. The highest BCUT2D eigenvalue weighted by molar-refractivity contribution is 6.31. The smallest absolute Gasteiger partial charge is 0.132 e. The molecule has 1 fully saturated rings. The van der Waals surface area contributed by atoms with Gasteiger partial charge in [-0.3, -0.25) is 0 Å². The van der Waals surface area contributed by atoms with Gasteiger partial charge in [-0.25, -0.2) is 4.39 Å². The van der Waals surface area contributed by atoms with Crippen LogP contribution >= 0.6 is 24.0 Å². The first kappa shape index (κ1) is 13.8. The van der Waals surface area contributed by atoms with Crippen LogP contribution in [0.3, 0.4) is 0 Å². The van der Waals surface area contributed by atoms with Gasteiger partial charge in [-0.05, 0) is 37.3 Å². The molecule has 2 rings (SSSR count). The predicted octanol–water partition coefficient (Wildman–Crippen LogP) is 4.01. The number of hydrogen-bond donors (Lipinski definition) is 1. The minimum absolute atomic E-state index is 0. The van der Waals surface area contributed by atoms with E-state index in [0.717, 1.165) is 12.8 Å². The molecule has 0 spiro atoms. The molecule has 16 heavy (non-hydrogen) atoms. The maximum absolute atomic E-state index is 13.9. The fourth-order valence-corrected chi connectivity index (χ4v) is 2.29. The van der Waals surface area contributed by atoms with E-state index in [1.54, 1.807) is 19.1 Å². The predicted molar refractivity (Wildman–Crippen MR) is 67.7 cm³/mol. The summed E-state index contributed by atoms with van der Waals surface area (Å²) in [7, 11) is 0. The van der Waals surface area contributed by atoms with Crippen LogP contribution in [0, 0.1) is 18.7 Å².